The van der Waals surface area contributed by atoms with Crippen molar-refractivity contribution in [3.63, 3.8) is 0 Å². The van der Waals surface area contributed by atoms with E-state index >= 15 is 0 Å². The van der Waals surface area contributed by atoms with Crippen molar-refractivity contribution in [3.8, 4) is 5.75 Å². The van der Waals surface area contributed by atoms with Gasteiger partial charge < -0.3 is 10.1 Å². The van der Waals surface area contributed by atoms with Crippen molar-refractivity contribution >= 4 is 29.2 Å². The van der Waals surface area contributed by atoms with Crippen LogP contribution in [0, 0.1) is 10.1 Å². The van der Waals surface area contributed by atoms with E-state index in [-0.39, 0.29) is 12.1 Å². The molecule has 29 heavy (non-hydrogen) atoms. The minimum Gasteiger partial charge on any atom is -0.426 e. The van der Waals surface area contributed by atoms with Crippen LogP contribution in [0.1, 0.15) is 30.5 Å². The quantitative estimate of drug-likeness (QED) is 0.262. The Balaban J connectivity index is 2.08. The predicted octanol–water partition coefficient (Wildman–Crippen LogP) is 4.56. The number of esters is 1. The van der Waals surface area contributed by atoms with Crippen molar-refractivity contribution < 1.29 is 14.5 Å². The highest BCUT2D eigenvalue weighted by atomic mass is 35.5. The van der Waals surface area contributed by atoms with Gasteiger partial charge in [-0.1, -0.05) is 18.5 Å². The third-order valence-corrected chi connectivity index (χ3v) is 4.31. The van der Waals surface area contributed by atoms with Crippen LogP contribution in [0.4, 0.5) is 11.6 Å². The molecule has 2 aromatic carbocycles. The maximum atomic E-state index is 11.9. The van der Waals surface area contributed by atoms with E-state index in [9.17, 15) is 14.9 Å². The van der Waals surface area contributed by atoms with E-state index < -0.39 is 16.9 Å². The zero-order valence-electron chi connectivity index (χ0n) is 15.4. The van der Waals surface area contributed by atoms with Crippen LogP contribution in [-0.4, -0.2) is 20.9 Å². The first-order valence-electron chi connectivity index (χ1n) is 8.76. The number of nitro benzene ring substituents is 1. The van der Waals surface area contributed by atoms with E-state index in [1.807, 2.05) is 0 Å². The van der Waals surface area contributed by atoms with Gasteiger partial charge in [-0.3, -0.25) is 14.9 Å². The lowest BCUT2D eigenvalue weighted by Gasteiger charge is -2.22. The highest BCUT2D eigenvalue weighted by Crippen LogP contribution is 2.35. The van der Waals surface area contributed by atoms with E-state index in [4.69, 9.17) is 16.3 Å². The Labute approximate surface area is 171 Å². The molecule has 0 saturated heterocycles. The summed E-state index contributed by atoms with van der Waals surface area (Å²) >= 11 is 6.20. The number of rotatable bonds is 7. The molecular formula is C20H17ClN4O4. The van der Waals surface area contributed by atoms with Gasteiger partial charge >= 0.3 is 5.97 Å². The van der Waals surface area contributed by atoms with Gasteiger partial charge in [-0.15, -0.1) is 0 Å². The molecule has 3 aromatic rings. The fourth-order valence-corrected chi connectivity index (χ4v) is 2.85. The Kier molecular flexibility index (Phi) is 6.36. The maximum Gasteiger partial charge on any atom is 0.310 e. The van der Waals surface area contributed by atoms with Gasteiger partial charge in [0.15, 0.2) is 0 Å². The zero-order valence-corrected chi connectivity index (χ0v) is 16.2. The van der Waals surface area contributed by atoms with E-state index in [2.05, 4.69) is 15.3 Å². The number of nitro groups is 1. The number of hydrogen-bond acceptors (Lipinski definition) is 7. The van der Waals surface area contributed by atoms with Gasteiger partial charge in [0.25, 0.3) is 5.69 Å². The van der Waals surface area contributed by atoms with E-state index in [1.165, 1.54) is 12.1 Å². The number of carbonyl (C=O) groups excluding carboxylic acids is 1. The summed E-state index contributed by atoms with van der Waals surface area (Å²) in [6.45, 7) is 1.70. The number of benzene rings is 2. The van der Waals surface area contributed by atoms with Crippen molar-refractivity contribution in [3.05, 3.63) is 87.2 Å². The maximum absolute atomic E-state index is 11.9. The second kappa shape index (κ2) is 9.11. The summed E-state index contributed by atoms with van der Waals surface area (Å²) in [5.74, 6) is 0.267. The van der Waals surface area contributed by atoms with Crippen LogP contribution < -0.4 is 10.1 Å². The lowest BCUT2D eigenvalue weighted by molar-refractivity contribution is -0.384. The first-order valence-corrected chi connectivity index (χ1v) is 9.13. The Morgan fingerprint density at radius 3 is 2.52 bits per heavy atom. The predicted molar refractivity (Wildman–Crippen MR) is 108 cm³/mol. The highest BCUT2D eigenvalue weighted by Gasteiger charge is 2.22. The van der Waals surface area contributed by atoms with Gasteiger partial charge in [0.1, 0.15) is 5.75 Å². The molecule has 0 fully saturated rings. The molecule has 9 heteroatoms. The molecule has 1 aromatic heterocycles. The summed E-state index contributed by atoms with van der Waals surface area (Å²) in [5, 5.41) is 14.6. The standard InChI is InChI=1S/C20H17ClN4O4/c1-2-18(26)29-17-9-6-14(21)12-16(17)19(24-20-22-10-3-11-23-20)13-4-7-15(8-5-13)25(27)28/h3-12,19H,2H2,1H3,(H,22,23,24). The molecule has 0 aliphatic rings. The molecule has 0 amide bonds. The van der Waals surface area contributed by atoms with E-state index in [1.54, 1.807) is 55.7 Å². The fourth-order valence-electron chi connectivity index (χ4n) is 2.66. The number of nitrogens with zero attached hydrogens (tertiary/aromatic N) is 3. The van der Waals surface area contributed by atoms with Crippen molar-refractivity contribution in [2.45, 2.75) is 19.4 Å². The Bertz CT molecular complexity index is 1010. The highest BCUT2D eigenvalue weighted by molar-refractivity contribution is 6.30. The second-order valence-corrected chi connectivity index (χ2v) is 6.44. The number of carbonyl (C=O) groups is 1. The monoisotopic (exact) mass is 412 g/mol. The van der Waals surface area contributed by atoms with Crippen molar-refractivity contribution in [1.82, 2.24) is 9.97 Å². The number of nitrogens with one attached hydrogen (secondary N) is 1. The number of hydrogen-bond donors (Lipinski definition) is 1. The van der Waals surface area contributed by atoms with Crippen LogP contribution in [0.25, 0.3) is 0 Å². The molecule has 0 radical (unpaired) electrons. The average Bonchev–Trinajstić information content (AvgIpc) is 2.74. The van der Waals surface area contributed by atoms with E-state index in [0.29, 0.717) is 27.8 Å². The van der Waals surface area contributed by atoms with Gasteiger partial charge in [-0.25, -0.2) is 9.97 Å². The minimum absolute atomic E-state index is 0.0350. The molecular weight excluding hydrogens is 396 g/mol. The summed E-state index contributed by atoms with van der Waals surface area (Å²) in [5.41, 5.74) is 1.21. The van der Waals surface area contributed by atoms with Gasteiger partial charge in [0.2, 0.25) is 5.95 Å². The molecule has 1 heterocycles. The van der Waals surface area contributed by atoms with Crippen LogP contribution in [0.2, 0.25) is 5.02 Å². The van der Waals surface area contributed by atoms with Crippen LogP contribution in [0.3, 0.4) is 0 Å². The molecule has 0 saturated carbocycles. The molecule has 8 nitrogen and oxygen atoms in total. The topological polar surface area (TPSA) is 107 Å². The van der Waals surface area contributed by atoms with Gasteiger partial charge in [-0.05, 0) is 42.0 Å². The molecule has 1 atom stereocenters. The third kappa shape index (κ3) is 5.05. The smallest absolute Gasteiger partial charge is 0.310 e. The number of ether oxygens (including phenoxy) is 1. The molecule has 1 N–H and O–H groups in total. The lowest BCUT2D eigenvalue weighted by Crippen LogP contribution is -2.17. The van der Waals surface area contributed by atoms with E-state index in [0.717, 1.165) is 0 Å². The summed E-state index contributed by atoms with van der Waals surface area (Å²) in [6.07, 6.45) is 3.37. The van der Waals surface area contributed by atoms with Crippen molar-refractivity contribution in [2.75, 3.05) is 5.32 Å². The third-order valence-electron chi connectivity index (χ3n) is 4.07. The number of aromatic nitrogens is 2. The molecule has 148 valence electrons. The molecule has 0 spiro atoms. The van der Waals surface area contributed by atoms with Crippen LogP contribution in [0.5, 0.6) is 5.75 Å². The summed E-state index contributed by atoms with van der Waals surface area (Å²) in [6, 6.07) is 12.0. The normalized spacial score (nSPS) is 11.5. The van der Waals surface area contributed by atoms with Gasteiger partial charge in [0.05, 0.1) is 11.0 Å². The second-order valence-electron chi connectivity index (χ2n) is 6.01. The summed E-state index contributed by atoms with van der Waals surface area (Å²) in [4.78, 5) is 30.7. The lowest BCUT2D eigenvalue weighted by atomic mass is 9.97. The molecule has 0 aliphatic carbocycles. The van der Waals surface area contributed by atoms with Crippen LogP contribution in [0.15, 0.2) is 60.9 Å². The molecule has 0 bridgehead atoms. The van der Waals surface area contributed by atoms with Crippen molar-refractivity contribution in [1.29, 1.82) is 0 Å². The Hall–Kier alpha value is -3.52. The van der Waals surface area contributed by atoms with Crippen LogP contribution in [-0.2, 0) is 4.79 Å². The SMILES string of the molecule is CCC(=O)Oc1ccc(Cl)cc1C(Nc1ncccn1)c1ccc([N+](=O)[O-])cc1. The largest absolute Gasteiger partial charge is 0.426 e. The fraction of sp³-hybridized carbons (Fsp3) is 0.150. The summed E-state index contributed by atoms with van der Waals surface area (Å²) in [7, 11) is 0. The molecule has 0 aliphatic heterocycles. The molecule has 1 unspecified atom stereocenters. The van der Waals surface area contributed by atoms with Crippen molar-refractivity contribution in [2.24, 2.45) is 0 Å². The van der Waals surface area contributed by atoms with Gasteiger partial charge in [0, 0.05) is 41.5 Å². The Morgan fingerprint density at radius 2 is 1.90 bits per heavy atom. The first-order chi connectivity index (χ1) is 14.0. The number of anilines is 1. The van der Waals surface area contributed by atoms with Gasteiger partial charge in [-0.2, -0.15) is 0 Å². The average molecular weight is 413 g/mol. The number of non-ortho nitro benzene ring substituents is 1. The first kappa shape index (κ1) is 20.2. The Morgan fingerprint density at radius 1 is 1.21 bits per heavy atom. The summed E-state index contributed by atoms with van der Waals surface area (Å²) < 4.78 is 5.47. The molecule has 3 rings (SSSR count). The zero-order chi connectivity index (χ0) is 20.8. The number of halogens is 1. The van der Waals surface area contributed by atoms with Crippen LogP contribution >= 0.6 is 11.6 Å². The minimum atomic E-state index is -0.573.